The van der Waals surface area contributed by atoms with Crippen molar-refractivity contribution in [3.8, 4) is 5.69 Å². The largest absolute Gasteiger partial charge is 0.378 e. The van der Waals surface area contributed by atoms with Crippen molar-refractivity contribution in [2.24, 2.45) is 11.8 Å². The first-order valence-electron chi connectivity index (χ1n) is 6.98. The van der Waals surface area contributed by atoms with Crippen LogP contribution in [0, 0.1) is 5.92 Å². The Hall–Kier alpha value is -1.69. The lowest BCUT2D eigenvalue weighted by molar-refractivity contribution is 0.0946. The van der Waals surface area contributed by atoms with Crippen LogP contribution in [-0.2, 0) is 4.74 Å². The van der Waals surface area contributed by atoms with E-state index in [9.17, 15) is 0 Å². The molecule has 5 heteroatoms. The van der Waals surface area contributed by atoms with E-state index in [1.165, 1.54) is 0 Å². The minimum Gasteiger partial charge on any atom is -0.378 e. The van der Waals surface area contributed by atoms with Crippen molar-refractivity contribution in [1.82, 2.24) is 15.2 Å². The number of ether oxygens (including phenoxy) is 1. The van der Waals surface area contributed by atoms with E-state index in [0.29, 0.717) is 5.92 Å². The van der Waals surface area contributed by atoms with Gasteiger partial charge >= 0.3 is 0 Å². The average molecular weight is 272 g/mol. The molecule has 1 aliphatic rings. The van der Waals surface area contributed by atoms with Gasteiger partial charge in [-0.1, -0.05) is 18.2 Å². The van der Waals surface area contributed by atoms with Gasteiger partial charge in [0.05, 0.1) is 23.5 Å². The molecule has 1 aliphatic heterocycles. The van der Waals surface area contributed by atoms with Crippen molar-refractivity contribution in [2.45, 2.75) is 25.5 Å². The van der Waals surface area contributed by atoms with E-state index in [0.717, 1.165) is 24.4 Å². The van der Waals surface area contributed by atoms with Gasteiger partial charge in [0.1, 0.15) is 0 Å². The lowest BCUT2D eigenvalue weighted by atomic mass is 9.91. The molecule has 3 N–H and O–H groups in total. The summed E-state index contributed by atoms with van der Waals surface area (Å²) in [5.41, 5.74) is 5.06. The summed E-state index contributed by atoms with van der Waals surface area (Å²) in [7, 11) is 0. The molecule has 20 heavy (non-hydrogen) atoms. The summed E-state index contributed by atoms with van der Waals surface area (Å²) in [5.74, 6) is 6.17. The van der Waals surface area contributed by atoms with Crippen LogP contribution in [0.4, 0.5) is 0 Å². The van der Waals surface area contributed by atoms with E-state index in [4.69, 9.17) is 10.6 Å². The van der Waals surface area contributed by atoms with Crippen LogP contribution in [-0.4, -0.2) is 22.5 Å². The van der Waals surface area contributed by atoms with Crippen LogP contribution in [0.5, 0.6) is 0 Å². The molecule has 106 valence electrons. The van der Waals surface area contributed by atoms with E-state index in [1.807, 2.05) is 47.3 Å². The fraction of sp³-hybridized carbons (Fsp3) is 0.400. The molecule has 2 heterocycles. The van der Waals surface area contributed by atoms with Gasteiger partial charge in [-0.25, -0.2) is 4.68 Å². The SMILES string of the molecule is CC1OCCC1C(NN)c1ccnn1-c1ccccc1. The van der Waals surface area contributed by atoms with Crippen LogP contribution in [0.2, 0.25) is 0 Å². The van der Waals surface area contributed by atoms with Crippen molar-refractivity contribution < 1.29 is 4.74 Å². The van der Waals surface area contributed by atoms with Crippen molar-refractivity contribution in [1.29, 1.82) is 0 Å². The summed E-state index contributed by atoms with van der Waals surface area (Å²) in [5, 5.41) is 4.43. The predicted molar refractivity (Wildman–Crippen MR) is 77.1 cm³/mol. The van der Waals surface area contributed by atoms with E-state index in [2.05, 4.69) is 17.4 Å². The first kappa shape index (κ1) is 13.3. The minimum absolute atomic E-state index is 0.0372. The van der Waals surface area contributed by atoms with Crippen LogP contribution >= 0.6 is 0 Å². The van der Waals surface area contributed by atoms with Crippen molar-refractivity contribution in [2.75, 3.05) is 6.61 Å². The normalized spacial score (nSPS) is 23.9. The van der Waals surface area contributed by atoms with Gasteiger partial charge in [0.2, 0.25) is 0 Å². The maximum Gasteiger partial charge on any atom is 0.0687 e. The van der Waals surface area contributed by atoms with E-state index in [-0.39, 0.29) is 12.1 Å². The average Bonchev–Trinajstić information content (AvgIpc) is 3.11. The molecule has 3 rings (SSSR count). The monoisotopic (exact) mass is 272 g/mol. The molecule has 0 aliphatic carbocycles. The molecule has 3 atom stereocenters. The Kier molecular flexibility index (Phi) is 3.82. The van der Waals surface area contributed by atoms with Gasteiger partial charge in [-0.2, -0.15) is 5.10 Å². The zero-order valence-corrected chi connectivity index (χ0v) is 11.6. The number of hydrogen-bond acceptors (Lipinski definition) is 4. The summed E-state index contributed by atoms with van der Waals surface area (Å²) < 4.78 is 7.61. The van der Waals surface area contributed by atoms with Gasteiger partial charge in [0.15, 0.2) is 0 Å². The first-order valence-corrected chi connectivity index (χ1v) is 6.98. The number of hydrogen-bond donors (Lipinski definition) is 2. The van der Waals surface area contributed by atoms with Gasteiger partial charge in [-0.05, 0) is 31.5 Å². The third-order valence-electron chi connectivity index (χ3n) is 4.03. The Balaban J connectivity index is 1.95. The zero-order chi connectivity index (χ0) is 13.9. The first-order chi connectivity index (χ1) is 9.81. The van der Waals surface area contributed by atoms with Gasteiger partial charge in [0.25, 0.3) is 0 Å². The number of aromatic nitrogens is 2. The van der Waals surface area contributed by atoms with Crippen LogP contribution in [0.3, 0.4) is 0 Å². The van der Waals surface area contributed by atoms with Crippen LogP contribution < -0.4 is 11.3 Å². The fourth-order valence-electron chi connectivity index (χ4n) is 2.95. The second-order valence-electron chi connectivity index (χ2n) is 5.18. The number of nitrogens with two attached hydrogens (primary N) is 1. The zero-order valence-electron chi connectivity index (χ0n) is 11.6. The molecular weight excluding hydrogens is 252 g/mol. The molecule has 1 fully saturated rings. The maximum atomic E-state index is 5.81. The Morgan fingerprint density at radius 3 is 2.80 bits per heavy atom. The highest BCUT2D eigenvalue weighted by atomic mass is 16.5. The number of nitrogens with zero attached hydrogens (tertiary/aromatic N) is 2. The third kappa shape index (κ3) is 2.35. The van der Waals surface area contributed by atoms with Crippen molar-refractivity contribution in [3.05, 3.63) is 48.3 Å². The van der Waals surface area contributed by atoms with Gasteiger partial charge in [-0.15, -0.1) is 0 Å². The lowest BCUT2D eigenvalue weighted by Crippen LogP contribution is -2.37. The topological polar surface area (TPSA) is 65.1 Å². The summed E-state index contributed by atoms with van der Waals surface area (Å²) in [6.45, 7) is 2.90. The van der Waals surface area contributed by atoms with Crippen molar-refractivity contribution >= 4 is 0 Å². The number of nitrogens with one attached hydrogen (secondary N) is 1. The third-order valence-corrected chi connectivity index (χ3v) is 4.03. The standard InChI is InChI=1S/C15H20N4O/c1-11-13(8-10-20-11)15(18-16)14-7-9-17-19(14)12-5-3-2-4-6-12/h2-7,9,11,13,15,18H,8,10,16H2,1H3. The van der Waals surface area contributed by atoms with E-state index >= 15 is 0 Å². The summed E-state index contributed by atoms with van der Waals surface area (Å²) in [4.78, 5) is 0. The minimum atomic E-state index is 0.0372. The second kappa shape index (κ2) is 5.75. The predicted octanol–water partition coefficient (Wildman–Crippen LogP) is 1.80. The quantitative estimate of drug-likeness (QED) is 0.658. The van der Waals surface area contributed by atoms with Gasteiger partial charge < -0.3 is 4.74 Å². The number of benzene rings is 1. The Bertz CT molecular complexity index is 554. The summed E-state index contributed by atoms with van der Waals surface area (Å²) in [6.07, 6.45) is 3.03. The molecule has 1 saturated heterocycles. The molecule has 0 amide bonds. The number of para-hydroxylation sites is 1. The molecule has 5 nitrogen and oxygen atoms in total. The Labute approximate surface area is 118 Å². The Morgan fingerprint density at radius 1 is 1.35 bits per heavy atom. The molecule has 0 spiro atoms. The Morgan fingerprint density at radius 2 is 2.15 bits per heavy atom. The fourth-order valence-corrected chi connectivity index (χ4v) is 2.95. The molecule has 1 aromatic heterocycles. The highest BCUT2D eigenvalue weighted by Gasteiger charge is 2.34. The molecule has 3 unspecified atom stereocenters. The highest BCUT2D eigenvalue weighted by Crippen LogP contribution is 2.33. The highest BCUT2D eigenvalue weighted by molar-refractivity contribution is 5.33. The van der Waals surface area contributed by atoms with E-state index < -0.39 is 0 Å². The van der Waals surface area contributed by atoms with Crippen molar-refractivity contribution in [3.63, 3.8) is 0 Å². The van der Waals surface area contributed by atoms with Crippen LogP contribution in [0.25, 0.3) is 5.69 Å². The smallest absolute Gasteiger partial charge is 0.0687 e. The second-order valence-corrected chi connectivity index (χ2v) is 5.18. The molecular formula is C15H20N4O. The lowest BCUT2D eigenvalue weighted by Gasteiger charge is -2.25. The van der Waals surface area contributed by atoms with E-state index in [1.54, 1.807) is 0 Å². The van der Waals surface area contributed by atoms with Gasteiger partial charge in [-0.3, -0.25) is 11.3 Å². The molecule has 0 radical (unpaired) electrons. The van der Waals surface area contributed by atoms with Gasteiger partial charge in [0, 0.05) is 18.7 Å². The number of hydrazine groups is 1. The maximum absolute atomic E-state index is 5.81. The summed E-state index contributed by atoms with van der Waals surface area (Å²) in [6, 6.07) is 12.1. The van der Waals surface area contributed by atoms with Crippen LogP contribution in [0.1, 0.15) is 25.1 Å². The van der Waals surface area contributed by atoms with Crippen LogP contribution in [0.15, 0.2) is 42.6 Å². The molecule has 2 aromatic rings. The summed E-state index contributed by atoms with van der Waals surface area (Å²) >= 11 is 0. The molecule has 1 aromatic carbocycles. The number of rotatable bonds is 4. The molecule has 0 bridgehead atoms. The molecule has 0 saturated carbocycles.